The molecule has 1 fully saturated rings. The molecule has 4 rings (SSSR count). The summed E-state index contributed by atoms with van der Waals surface area (Å²) in [5, 5.41) is 9.79. The van der Waals surface area contributed by atoms with Crippen molar-refractivity contribution in [2.24, 2.45) is 0 Å². The Kier molecular flexibility index (Phi) is 8.18. The number of piperazine rings is 1. The summed E-state index contributed by atoms with van der Waals surface area (Å²) in [5.74, 6) is -0.714. The predicted octanol–water partition coefficient (Wildman–Crippen LogP) is 5.26. The molecule has 1 aliphatic rings. The number of alkyl halides is 3. The van der Waals surface area contributed by atoms with Crippen molar-refractivity contribution in [3.8, 4) is 16.9 Å². The van der Waals surface area contributed by atoms with E-state index < -0.39 is 32.4 Å². The highest BCUT2D eigenvalue weighted by Crippen LogP contribution is 2.34. The summed E-state index contributed by atoms with van der Waals surface area (Å²) in [6.07, 6.45) is -4.50. The molecule has 0 aliphatic carbocycles. The Hall–Kier alpha value is -3.57. The molecule has 1 aliphatic heterocycles. The maximum atomic E-state index is 13.6. The summed E-state index contributed by atoms with van der Waals surface area (Å²) in [5.41, 5.74) is 1.77. The number of sulfonamides is 1. The number of aromatic hydroxyl groups is 1. The second-order valence-corrected chi connectivity index (χ2v) is 13.3. The third-order valence-corrected chi connectivity index (χ3v) is 8.87. The minimum Gasteiger partial charge on any atom is -0.508 e. The Morgan fingerprint density at radius 3 is 2.12 bits per heavy atom. The lowest BCUT2D eigenvalue weighted by molar-refractivity contribution is -0.137. The molecule has 0 bridgehead atoms. The zero-order chi connectivity index (χ0) is 29.3. The predicted molar refractivity (Wildman–Crippen MR) is 149 cm³/mol. The fourth-order valence-corrected chi connectivity index (χ4v) is 5.05. The van der Waals surface area contributed by atoms with Gasteiger partial charge in [-0.2, -0.15) is 13.2 Å². The number of benzene rings is 3. The first kappa shape index (κ1) is 29.4. The van der Waals surface area contributed by atoms with Gasteiger partial charge in [0.05, 0.1) is 10.3 Å². The number of nitrogens with one attached hydrogen (secondary N) is 1. The molecule has 40 heavy (non-hydrogen) atoms. The largest absolute Gasteiger partial charge is 0.508 e. The third-order valence-electron chi connectivity index (χ3n) is 6.81. The van der Waals surface area contributed by atoms with Crippen molar-refractivity contribution < 1.29 is 31.5 Å². The van der Waals surface area contributed by atoms with E-state index in [-0.39, 0.29) is 11.3 Å². The third kappa shape index (κ3) is 6.95. The van der Waals surface area contributed by atoms with Gasteiger partial charge < -0.3 is 10.0 Å². The molecule has 0 aromatic heterocycles. The maximum Gasteiger partial charge on any atom is 0.416 e. The lowest BCUT2D eigenvalue weighted by Crippen LogP contribution is -2.46. The average molecular weight is 576 g/mol. The molecule has 11 heteroatoms. The number of carbonyl (C=O) groups excluding carboxylic acids is 1. The Morgan fingerprint density at radius 1 is 0.900 bits per heavy atom. The van der Waals surface area contributed by atoms with Crippen molar-refractivity contribution >= 4 is 21.6 Å². The van der Waals surface area contributed by atoms with Crippen LogP contribution in [0.5, 0.6) is 5.75 Å². The van der Waals surface area contributed by atoms with E-state index >= 15 is 0 Å². The van der Waals surface area contributed by atoms with Crippen LogP contribution in [0.3, 0.4) is 0 Å². The summed E-state index contributed by atoms with van der Waals surface area (Å²) in [6.45, 7) is 7.34. The number of phenolic OH excluding ortho intramolecular Hbond substituents is 1. The molecule has 2 N–H and O–H groups in total. The fraction of sp³-hybridized carbons (Fsp3) is 0.345. The lowest BCUT2D eigenvalue weighted by atomic mass is 9.99. The fourth-order valence-electron chi connectivity index (χ4n) is 4.38. The van der Waals surface area contributed by atoms with Gasteiger partial charge in [0.2, 0.25) is 10.0 Å². The highest BCUT2D eigenvalue weighted by molar-refractivity contribution is 7.91. The minimum absolute atomic E-state index is 0.0174. The zero-order valence-electron chi connectivity index (χ0n) is 22.5. The molecule has 0 saturated carbocycles. The number of nitrogens with zero attached hydrogens (tertiary/aromatic N) is 2. The van der Waals surface area contributed by atoms with E-state index in [0.717, 1.165) is 11.8 Å². The summed E-state index contributed by atoms with van der Waals surface area (Å²) in [4.78, 5) is 16.6. The van der Waals surface area contributed by atoms with Crippen LogP contribution in [0.4, 0.5) is 18.9 Å². The number of anilines is 1. The van der Waals surface area contributed by atoms with Crippen molar-refractivity contribution in [3.63, 3.8) is 0 Å². The Balaban J connectivity index is 1.41. The van der Waals surface area contributed by atoms with E-state index in [9.17, 15) is 31.5 Å². The summed E-state index contributed by atoms with van der Waals surface area (Å²) < 4.78 is 66.5. The number of halogens is 3. The second-order valence-electron chi connectivity index (χ2n) is 10.8. The van der Waals surface area contributed by atoms with Gasteiger partial charge in [0.1, 0.15) is 5.75 Å². The zero-order valence-corrected chi connectivity index (χ0v) is 23.3. The van der Waals surface area contributed by atoms with Crippen molar-refractivity contribution in [2.75, 3.05) is 31.1 Å². The monoisotopic (exact) mass is 575 g/mol. The van der Waals surface area contributed by atoms with Crippen molar-refractivity contribution in [1.29, 1.82) is 0 Å². The van der Waals surface area contributed by atoms with E-state index in [4.69, 9.17) is 0 Å². The van der Waals surface area contributed by atoms with Gasteiger partial charge in [-0.1, -0.05) is 12.1 Å². The number of amides is 1. The van der Waals surface area contributed by atoms with Crippen molar-refractivity contribution in [3.05, 3.63) is 83.4 Å². The Bertz CT molecular complexity index is 1480. The molecule has 0 atom stereocenters. The van der Waals surface area contributed by atoms with Gasteiger partial charge in [0, 0.05) is 44.0 Å². The first-order valence-corrected chi connectivity index (χ1v) is 14.3. The van der Waals surface area contributed by atoms with Gasteiger partial charge in [-0.3, -0.25) is 9.69 Å². The van der Waals surface area contributed by atoms with Crippen LogP contribution in [0.25, 0.3) is 11.1 Å². The standard InChI is InChI=1S/C29H32F3N3O4S/c1-28(2,3)40(38,39)33-27(37)21-7-9-25(10-8-21)35-13-11-34(12-14-35)19-20-15-23(17-24(16-20)29(30,31)32)22-5-4-6-26(36)18-22/h4-10,15-18,36H,11-14,19H2,1-3H3,(H,33,37). The van der Waals surface area contributed by atoms with E-state index in [1.54, 1.807) is 42.5 Å². The summed E-state index contributed by atoms with van der Waals surface area (Å²) >= 11 is 0. The van der Waals surface area contributed by atoms with Crippen LogP contribution in [0.1, 0.15) is 42.3 Å². The molecule has 1 heterocycles. The topological polar surface area (TPSA) is 90.0 Å². The summed E-state index contributed by atoms with van der Waals surface area (Å²) in [6, 6.07) is 16.8. The Morgan fingerprint density at radius 2 is 1.55 bits per heavy atom. The molecule has 7 nitrogen and oxygen atoms in total. The van der Waals surface area contributed by atoms with Gasteiger partial charge in [-0.05, 0) is 92.1 Å². The second kappa shape index (κ2) is 11.1. The molecular formula is C29H32F3N3O4S. The highest BCUT2D eigenvalue weighted by Gasteiger charge is 2.32. The van der Waals surface area contributed by atoms with Crippen LogP contribution in [-0.2, 0) is 22.7 Å². The van der Waals surface area contributed by atoms with Crippen molar-refractivity contribution in [1.82, 2.24) is 9.62 Å². The van der Waals surface area contributed by atoms with Crippen LogP contribution < -0.4 is 9.62 Å². The highest BCUT2D eigenvalue weighted by atomic mass is 32.2. The smallest absolute Gasteiger partial charge is 0.416 e. The van der Waals surface area contributed by atoms with Crippen LogP contribution in [0, 0.1) is 0 Å². The molecule has 1 amide bonds. The van der Waals surface area contributed by atoms with E-state index in [1.807, 2.05) is 0 Å². The van der Waals surface area contributed by atoms with Crippen molar-refractivity contribution in [2.45, 2.75) is 38.2 Å². The molecule has 0 radical (unpaired) electrons. The van der Waals surface area contributed by atoms with Gasteiger partial charge in [-0.25, -0.2) is 13.1 Å². The molecular weight excluding hydrogens is 543 g/mol. The molecule has 3 aromatic rings. The lowest BCUT2D eigenvalue weighted by Gasteiger charge is -2.36. The minimum atomic E-state index is -4.50. The normalized spacial score (nSPS) is 15.2. The van der Waals surface area contributed by atoms with Crippen LogP contribution in [-0.4, -0.2) is 55.3 Å². The number of hydrogen-bond donors (Lipinski definition) is 2. The Labute approximate surface area is 232 Å². The maximum absolute atomic E-state index is 13.6. The first-order valence-electron chi connectivity index (χ1n) is 12.8. The van der Waals surface area contributed by atoms with Gasteiger partial charge in [0.25, 0.3) is 5.91 Å². The molecule has 0 unspecified atom stereocenters. The quantitative estimate of drug-likeness (QED) is 0.417. The number of carbonyl (C=O) groups is 1. The van der Waals surface area contributed by atoms with Gasteiger partial charge in [-0.15, -0.1) is 0 Å². The van der Waals surface area contributed by atoms with Gasteiger partial charge >= 0.3 is 6.18 Å². The SMILES string of the molecule is CC(C)(C)S(=O)(=O)NC(=O)c1ccc(N2CCN(Cc3cc(-c4cccc(O)c4)cc(C(F)(F)F)c3)CC2)cc1. The van der Waals surface area contributed by atoms with Crippen LogP contribution in [0.15, 0.2) is 66.7 Å². The number of hydrogen-bond acceptors (Lipinski definition) is 6. The molecule has 3 aromatic carbocycles. The molecule has 214 valence electrons. The first-order chi connectivity index (χ1) is 18.6. The summed E-state index contributed by atoms with van der Waals surface area (Å²) in [7, 11) is -3.83. The molecule has 0 spiro atoms. The van der Waals surface area contributed by atoms with Crippen LogP contribution in [0.2, 0.25) is 0 Å². The van der Waals surface area contributed by atoms with Gasteiger partial charge in [0.15, 0.2) is 0 Å². The van der Waals surface area contributed by atoms with E-state index in [2.05, 4.69) is 14.5 Å². The molecule has 1 saturated heterocycles. The van der Waals surface area contributed by atoms with E-state index in [1.165, 1.54) is 39.0 Å². The van der Waals surface area contributed by atoms with Crippen LogP contribution >= 0.6 is 0 Å². The number of rotatable bonds is 6. The van der Waals surface area contributed by atoms with E-state index in [0.29, 0.717) is 49.4 Å². The number of phenols is 1. The average Bonchev–Trinajstić information content (AvgIpc) is 2.88.